The molecule has 2 aromatic carbocycles. The van der Waals surface area contributed by atoms with Crippen molar-refractivity contribution in [3.63, 3.8) is 0 Å². The van der Waals surface area contributed by atoms with E-state index >= 15 is 0 Å². The van der Waals surface area contributed by atoms with E-state index in [0.29, 0.717) is 23.8 Å². The summed E-state index contributed by atoms with van der Waals surface area (Å²) in [5.74, 6) is -0.362. The van der Waals surface area contributed by atoms with Crippen LogP contribution >= 0.6 is 11.3 Å². The Labute approximate surface area is 214 Å². The number of carbonyl (C=O) groups is 1. The van der Waals surface area contributed by atoms with Crippen LogP contribution in [-0.2, 0) is 22.8 Å². The van der Waals surface area contributed by atoms with E-state index in [1.165, 1.54) is 47.2 Å². The van der Waals surface area contributed by atoms with Crippen molar-refractivity contribution in [1.82, 2.24) is 14.9 Å². The van der Waals surface area contributed by atoms with Crippen molar-refractivity contribution < 1.29 is 13.2 Å². The Morgan fingerprint density at radius 1 is 1.08 bits per heavy atom. The van der Waals surface area contributed by atoms with Gasteiger partial charge in [-0.25, -0.2) is 13.4 Å². The molecule has 1 aliphatic heterocycles. The number of aromatic nitrogens is 2. The van der Waals surface area contributed by atoms with Crippen LogP contribution in [0.2, 0.25) is 0 Å². The molecule has 36 heavy (non-hydrogen) atoms. The highest BCUT2D eigenvalue weighted by atomic mass is 32.2. The van der Waals surface area contributed by atoms with Crippen LogP contribution in [0, 0.1) is 0 Å². The summed E-state index contributed by atoms with van der Waals surface area (Å²) in [6, 6.07) is 17.8. The number of sulfone groups is 1. The molecule has 1 unspecified atom stereocenters. The van der Waals surface area contributed by atoms with Crippen LogP contribution in [0.25, 0.3) is 11.3 Å². The smallest absolute Gasteiger partial charge is 0.257 e. The Morgan fingerprint density at radius 2 is 1.86 bits per heavy atom. The first-order chi connectivity index (χ1) is 17.5. The van der Waals surface area contributed by atoms with Gasteiger partial charge in [0, 0.05) is 42.0 Å². The van der Waals surface area contributed by atoms with Crippen LogP contribution in [-0.4, -0.2) is 41.1 Å². The van der Waals surface area contributed by atoms with Gasteiger partial charge < -0.3 is 0 Å². The average Bonchev–Trinajstić information content (AvgIpc) is 3.38. The van der Waals surface area contributed by atoms with E-state index in [4.69, 9.17) is 0 Å². The summed E-state index contributed by atoms with van der Waals surface area (Å²) in [5.41, 5.74) is 4.30. The molecule has 7 nitrogen and oxygen atoms in total. The number of rotatable bonds is 7. The summed E-state index contributed by atoms with van der Waals surface area (Å²) in [6.45, 7) is 4.98. The molecule has 0 aliphatic carbocycles. The molecule has 1 atom stereocenters. The molecule has 1 N–H and O–H groups in total. The highest BCUT2D eigenvalue weighted by molar-refractivity contribution is 7.92. The topological polar surface area (TPSA) is 92.3 Å². The van der Waals surface area contributed by atoms with Gasteiger partial charge in [0.25, 0.3) is 5.91 Å². The summed E-state index contributed by atoms with van der Waals surface area (Å²) in [5, 5.41) is 4.22. The summed E-state index contributed by atoms with van der Waals surface area (Å²) in [6.07, 6.45) is 5.66. The summed E-state index contributed by atoms with van der Waals surface area (Å²) < 4.78 is 26.9. The Bertz CT molecular complexity index is 1500. The van der Waals surface area contributed by atoms with Crippen molar-refractivity contribution >= 4 is 32.2 Å². The number of hydrogen-bond donors (Lipinski definition) is 1. The number of nitrogens with zero attached hydrogens (tertiary/aromatic N) is 3. The van der Waals surface area contributed by atoms with E-state index in [1.807, 2.05) is 40.6 Å². The Morgan fingerprint density at radius 3 is 2.58 bits per heavy atom. The Hall–Kier alpha value is -3.66. The minimum atomic E-state index is -3.72. The second kappa shape index (κ2) is 10.1. The van der Waals surface area contributed by atoms with Gasteiger partial charge in [0.2, 0.25) is 0 Å². The Balaban J connectivity index is 1.29. The highest BCUT2D eigenvalue weighted by Gasteiger charge is 2.32. The molecule has 0 radical (unpaired) electrons. The third-order valence-corrected chi connectivity index (χ3v) is 8.98. The third kappa shape index (κ3) is 4.86. The van der Waals surface area contributed by atoms with Gasteiger partial charge in [-0.15, -0.1) is 17.9 Å². The maximum absolute atomic E-state index is 13.5. The molecule has 0 saturated heterocycles. The number of benzene rings is 2. The van der Waals surface area contributed by atoms with Crippen LogP contribution in [0.15, 0.2) is 96.0 Å². The van der Waals surface area contributed by atoms with E-state index in [1.54, 1.807) is 12.4 Å². The summed E-state index contributed by atoms with van der Waals surface area (Å²) >= 11 is 1.31. The minimum Gasteiger partial charge on any atom is -0.298 e. The van der Waals surface area contributed by atoms with Crippen LogP contribution in [0.4, 0.5) is 5.13 Å². The van der Waals surface area contributed by atoms with E-state index in [0.717, 1.165) is 23.2 Å². The van der Waals surface area contributed by atoms with Crippen molar-refractivity contribution in [2.24, 2.45) is 0 Å². The molecule has 5 rings (SSSR count). The van der Waals surface area contributed by atoms with Crippen LogP contribution in [0.1, 0.15) is 21.5 Å². The van der Waals surface area contributed by atoms with Crippen LogP contribution in [0.3, 0.4) is 0 Å². The number of anilines is 1. The van der Waals surface area contributed by atoms with Crippen LogP contribution in [0.5, 0.6) is 0 Å². The zero-order valence-electron chi connectivity index (χ0n) is 19.4. The lowest BCUT2D eigenvalue weighted by Gasteiger charge is -2.33. The van der Waals surface area contributed by atoms with Gasteiger partial charge in [-0.05, 0) is 53.9 Å². The average molecular weight is 517 g/mol. The second-order valence-electron chi connectivity index (χ2n) is 8.42. The highest BCUT2D eigenvalue weighted by Crippen LogP contribution is 2.27. The second-order valence-corrected chi connectivity index (χ2v) is 11.3. The number of thiazole rings is 1. The predicted octanol–water partition coefficient (Wildman–Crippen LogP) is 4.80. The number of carbonyl (C=O) groups excluding carboxylic acids is 1. The maximum atomic E-state index is 13.5. The monoisotopic (exact) mass is 516 g/mol. The fraction of sp³-hybridized carbons (Fsp3) is 0.148. The lowest BCUT2D eigenvalue weighted by Crippen LogP contribution is -2.42. The van der Waals surface area contributed by atoms with Crippen molar-refractivity contribution in [1.29, 1.82) is 0 Å². The summed E-state index contributed by atoms with van der Waals surface area (Å²) in [7, 11) is -3.72. The SMILES string of the molecule is C=CC(N1CCc2ccccc2C1)S(=O)(=O)c1ccc(C(=O)Nc2nc(-c3cccnc3)cs2)cc1. The number of hydrogen-bond acceptors (Lipinski definition) is 7. The first kappa shape index (κ1) is 24.1. The first-order valence-electron chi connectivity index (χ1n) is 11.4. The van der Waals surface area contributed by atoms with Gasteiger partial charge >= 0.3 is 0 Å². The van der Waals surface area contributed by atoms with Gasteiger partial charge in [-0.3, -0.25) is 20.0 Å². The maximum Gasteiger partial charge on any atom is 0.257 e. The zero-order valence-corrected chi connectivity index (χ0v) is 21.0. The third-order valence-electron chi connectivity index (χ3n) is 6.17. The van der Waals surface area contributed by atoms with Gasteiger partial charge in [-0.2, -0.15) is 0 Å². The standard InChI is InChI=1S/C27H24N4O3S2/c1-2-25(31-15-13-19-6-3-4-7-22(19)17-31)36(33,34)23-11-9-20(10-12-23)26(32)30-27-29-24(18-35-27)21-8-5-14-28-16-21/h2-12,14,16,18,25H,1,13,15,17H2,(H,29,30,32). The summed E-state index contributed by atoms with van der Waals surface area (Å²) in [4.78, 5) is 23.3. The van der Waals surface area contributed by atoms with Crippen molar-refractivity contribution in [2.45, 2.75) is 23.2 Å². The molecule has 0 spiro atoms. The van der Waals surface area contributed by atoms with E-state index < -0.39 is 15.2 Å². The predicted molar refractivity (Wildman–Crippen MR) is 141 cm³/mol. The quantitative estimate of drug-likeness (QED) is 0.355. The Kier molecular flexibility index (Phi) is 6.77. The lowest BCUT2D eigenvalue weighted by atomic mass is 10.00. The molecule has 0 fully saturated rings. The van der Waals surface area contributed by atoms with Crippen molar-refractivity contribution in [3.05, 3.63) is 108 Å². The molecule has 0 bridgehead atoms. The molecule has 3 heterocycles. The van der Waals surface area contributed by atoms with Gasteiger partial charge in [0.15, 0.2) is 15.0 Å². The number of nitrogens with one attached hydrogen (secondary N) is 1. The molecule has 2 aromatic heterocycles. The molecule has 182 valence electrons. The molecule has 1 aliphatic rings. The van der Waals surface area contributed by atoms with Gasteiger partial charge in [-0.1, -0.05) is 30.3 Å². The molecule has 0 saturated carbocycles. The lowest BCUT2D eigenvalue weighted by molar-refractivity contribution is 0.102. The number of fused-ring (bicyclic) bond motifs is 1. The fourth-order valence-corrected chi connectivity index (χ4v) is 6.62. The van der Waals surface area contributed by atoms with Gasteiger partial charge in [0.05, 0.1) is 10.6 Å². The zero-order chi connectivity index (χ0) is 25.1. The number of amides is 1. The fourth-order valence-electron chi connectivity index (χ4n) is 4.29. The van der Waals surface area contributed by atoms with Crippen molar-refractivity contribution in [2.75, 3.05) is 11.9 Å². The number of pyridine rings is 1. The normalized spacial score (nSPS) is 14.6. The van der Waals surface area contributed by atoms with E-state index in [2.05, 4.69) is 27.9 Å². The molecule has 9 heteroatoms. The van der Waals surface area contributed by atoms with E-state index in [9.17, 15) is 13.2 Å². The largest absolute Gasteiger partial charge is 0.298 e. The van der Waals surface area contributed by atoms with E-state index in [-0.39, 0.29) is 10.8 Å². The first-order valence-corrected chi connectivity index (χ1v) is 13.8. The molecule has 4 aromatic rings. The molecular weight excluding hydrogens is 492 g/mol. The van der Waals surface area contributed by atoms with Gasteiger partial charge in [0.1, 0.15) is 5.37 Å². The molecular formula is C27H24N4O3S2. The van der Waals surface area contributed by atoms with Crippen molar-refractivity contribution in [3.8, 4) is 11.3 Å². The molecule has 1 amide bonds. The minimum absolute atomic E-state index is 0.149. The van der Waals surface area contributed by atoms with Crippen LogP contribution < -0.4 is 5.32 Å².